The molecular formula is C16H13Cl2FN6O3. The Labute approximate surface area is 167 Å². The van der Waals surface area contributed by atoms with Gasteiger partial charge < -0.3 is 15.4 Å². The number of anilines is 1. The minimum atomic E-state index is -0.731. The van der Waals surface area contributed by atoms with Crippen molar-refractivity contribution >= 4 is 40.7 Å². The fourth-order valence-corrected chi connectivity index (χ4v) is 2.85. The lowest BCUT2D eigenvalue weighted by Crippen LogP contribution is -2.21. The van der Waals surface area contributed by atoms with Crippen molar-refractivity contribution in [2.24, 2.45) is 0 Å². The van der Waals surface area contributed by atoms with Crippen LogP contribution >= 0.6 is 23.2 Å². The van der Waals surface area contributed by atoms with E-state index < -0.39 is 16.6 Å². The highest BCUT2D eigenvalue weighted by Crippen LogP contribution is 2.26. The molecule has 28 heavy (non-hydrogen) atoms. The third-order valence-electron chi connectivity index (χ3n) is 3.85. The minimum Gasteiger partial charge on any atom is -0.358 e. The zero-order chi connectivity index (χ0) is 20.4. The van der Waals surface area contributed by atoms with E-state index in [-0.39, 0.29) is 40.5 Å². The highest BCUT2D eigenvalue weighted by Gasteiger charge is 2.25. The van der Waals surface area contributed by atoms with E-state index in [2.05, 4.69) is 15.5 Å². The highest BCUT2D eigenvalue weighted by atomic mass is 35.5. The van der Waals surface area contributed by atoms with Crippen molar-refractivity contribution in [3.8, 4) is 0 Å². The number of hydrogen-bond donors (Lipinski definition) is 1. The molecule has 1 aromatic carbocycles. The normalized spacial score (nSPS) is 10.9. The number of nitrogens with zero attached hydrogens (tertiary/aromatic N) is 5. The second-order valence-electron chi connectivity index (χ2n) is 5.80. The van der Waals surface area contributed by atoms with Crippen LogP contribution in [0.3, 0.4) is 0 Å². The number of benzene rings is 1. The van der Waals surface area contributed by atoms with Gasteiger partial charge in [-0.2, -0.15) is 9.78 Å². The Balaban J connectivity index is 1.71. The number of carbonyl (C=O) groups is 1. The molecule has 2 aromatic heterocycles. The molecule has 0 spiro atoms. The van der Waals surface area contributed by atoms with Gasteiger partial charge in [-0.05, 0) is 17.9 Å². The first kappa shape index (κ1) is 19.8. The lowest BCUT2D eigenvalue weighted by atomic mass is 10.2. The van der Waals surface area contributed by atoms with E-state index in [4.69, 9.17) is 23.2 Å². The molecular weight excluding hydrogens is 414 g/mol. The Morgan fingerprint density at radius 3 is 2.68 bits per heavy atom. The van der Waals surface area contributed by atoms with Crippen molar-refractivity contribution < 1.29 is 14.1 Å². The van der Waals surface area contributed by atoms with Gasteiger partial charge in [-0.3, -0.25) is 9.48 Å². The number of amides is 1. The maximum atomic E-state index is 13.8. The van der Waals surface area contributed by atoms with Crippen molar-refractivity contribution in [1.29, 1.82) is 0 Å². The smallest absolute Gasteiger partial charge is 0.358 e. The summed E-state index contributed by atoms with van der Waals surface area (Å²) in [5.41, 5.74) is 0.688. The van der Waals surface area contributed by atoms with Crippen LogP contribution in [0.5, 0.6) is 0 Å². The van der Waals surface area contributed by atoms with E-state index in [9.17, 15) is 19.3 Å². The Bertz CT molecular complexity index is 1060. The van der Waals surface area contributed by atoms with E-state index in [1.54, 1.807) is 18.2 Å². The Hall–Kier alpha value is -2.98. The standard InChI is InChI=1S/C16H13Cl2FN6O3/c1-9-14(18)16(25(27)28)22-24(9)8-13(26)20-15-11(17)7-23(21-15)6-10-4-2-3-5-12(10)19/h2-5,7H,6,8H2,1H3,(H,20,21,26). The fraction of sp³-hybridized carbons (Fsp3) is 0.188. The maximum Gasteiger partial charge on any atom is 0.408 e. The SMILES string of the molecule is Cc1c(Cl)c([N+](=O)[O-])nn1CC(=O)Nc1nn(Cc2ccccc2F)cc1Cl. The van der Waals surface area contributed by atoms with Gasteiger partial charge in [-0.1, -0.05) is 41.4 Å². The molecule has 0 radical (unpaired) electrons. The highest BCUT2D eigenvalue weighted by molar-refractivity contribution is 6.33. The number of rotatable bonds is 6. The predicted octanol–water partition coefficient (Wildman–Crippen LogP) is 3.43. The molecule has 3 aromatic rings. The molecule has 0 aliphatic heterocycles. The lowest BCUT2D eigenvalue weighted by Gasteiger charge is -2.04. The van der Waals surface area contributed by atoms with Gasteiger partial charge in [-0.15, -0.1) is 0 Å². The average molecular weight is 427 g/mol. The van der Waals surface area contributed by atoms with Gasteiger partial charge in [0.25, 0.3) is 0 Å². The van der Waals surface area contributed by atoms with Gasteiger partial charge in [0.15, 0.2) is 10.8 Å². The van der Waals surface area contributed by atoms with Gasteiger partial charge >= 0.3 is 5.82 Å². The molecule has 0 aliphatic rings. The van der Waals surface area contributed by atoms with Crippen LogP contribution in [-0.4, -0.2) is 30.4 Å². The summed E-state index contributed by atoms with van der Waals surface area (Å²) in [5.74, 6) is -1.39. The number of halogens is 3. The fourth-order valence-electron chi connectivity index (χ4n) is 2.45. The zero-order valence-corrected chi connectivity index (χ0v) is 15.9. The van der Waals surface area contributed by atoms with Crippen LogP contribution in [0.1, 0.15) is 11.3 Å². The molecule has 0 fully saturated rings. The third-order valence-corrected chi connectivity index (χ3v) is 4.57. The Morgan fingerprint density at radius 1 is 1.32 bits per heavy atom. The molecule has 1 N–H and O–H groups in total. The van der Waals surface area contributed by atoms with Gasteiger partial charge in [-0.25, -0.2) is 4.39 Å². The maximum absolute atomic E-state index is 13.8. The summed E-state index contributed by atoms with van der Waals surface area (Å²) in [6.45, 7) is 1.31. The molecule has 2 heterocycles. The quantitative estimate of drug-likeness (QED) is 0.479. The van der Waals surface area contributed by atoms with E-state index in [0.717, 1.165) is 4.68 Å². The van der Waals surface area contributed by atoms with E-state index in [1.165, 1.54) is 23.9 Å². The van der Waals surface area contributed by atoms with Gasteiger partial charge in [0.1, 0.15) is 17.4 Å². The summed E-state index contributed by atoms with van der Waals surface area (Å²) in [6.07, 6.45) is 1.45. The number of nitro groups is 1. The Morgan fingerprint density at radius 2 is 2.04 bits per heavy atom. The van der Waals surface area contributed by atoms with Gasteiger partial charge in [0.2, 0.25) is 5.91 Å². The third kappa shape index (κ3) is 4.12. The summed E-state index contributed by atoms with van der Waals surface area (Å²) in [5, 5.41) is 21.2. The molecule has 1 amide bonds. The summed E-state index contributed by atoms with van der Waals surface area (Å²) >= 11 is 11.9. The molecule has 0 saturated carbocycles. The molecule has 0 bridgehead atoms. The summed E-state index contributed by atoms with van der Waals surface area (Å²) in [4.78, 5) is 22.4. The zero-order valence-electron chi connectivity index (χ0n) is 14.4. The van der Waals surface area contributed by atoms with E-state index >= 15 is 0 Å². The minimum absolute atomic E-state index is 0.0772. The summed E-state index contributed by atoms with van der Waals surface area (Å²) < 4.78 is 16.2. The van der Waals surface area contributed by atoms with Crippen molar-refractivity contribution in [3.63, 3.8) is 0 Å². The first-order valence-corrected chi connectivity index (χ1v) is 8.65. The number of hydrogen-bond acceptors (Lipinski definition) is 5. The predicted molar refractivity (Wildman–Crippen MR) is 100.0 cm³/mol. The molecule has 9 nitrogen and oxygen atoms in total. The van der Waals surface area contributed by atoms with Crippen molar-refractivity contribution in [1.82, 2.24) is 19.6 Å². The van der Waals surface area contributed by atoms with Crippen LogP contribution in [0, 0.1) is 22.9 Å². The molecule has 0 saturated heterocycles. The molecule has 3 rings (SSSR count). The summed E-state index contributed by atoms with van der Waals surface area (Å²) in [6, 6.07) is 6.22. The first-order chi connectivity index (χ1) is 13.3. The second kappa shape index (κ2) is 7.95. The van der Waals surface area contributed by atoms with E-state index in [1.807, 2.05) is 0 Å². The largest absolute Gasteiger partial charge is 0.408 e. The molecule has 0 aliphatic carbocycles. The second-order valence-corrected chi connectivity index (χ2v) is 6.59. The number of nitrogens with one attached hydrogen (secondary N) is 1. The first-order valence-electron chi connectivity index (χ1n) is 7.89. The van der Waals surface area contributed by atoms with Crippen molar-refractivity contribution in [2.45, 2.75) is 20.0 Å². The molecule has 0 atom stereocenters. The van der Waals surface area contributed by atoms with Crippen LogP contribution in [0.15, 0.2) is 30.5 Å². The molecule has 146 valence electrons. The molecule has 12 heteroatoms. The Kier molecular flexibility index (Phi) is 5.61. The average Bonchev–Trinajstić information content (AvgIpc) is 3.11. The number of carbonyl (C=O) groups excluding carboxylic acids is 1. The van der Waals surface area contributed by atoms with Crippen molar-refractivity contribution in [2.75, 3.05) is 5.32 Å². The van der Waals surface area contributed by atoms with Crippen LogP contribution in [-0.2, 0) is 17.9 Å². The van der Waals surface area contributed by atoms with Gasteiger partial charge in [0, 0.05) is 11.8 Å². The van der Waals surface area contributed by atoms with Crippen LogP contribution in [0.2, 0.25) is 10.0 Å². The topological polar surface area (TPSA) is 108 Å². The van der Waals surface area contributed by atoms with Crippen LogP contribution in [0.25, 0.3) is 0 Å². The van der Waals surface area contributed by atoms with Crippen LogP contribution < -0.4 is 5.32 Å². The molecule has 0 unspecified atom stereocenters. The monoisotopic (exact) mass is 426 g/mol. The lowest BCUT2D eigenvalue weighted by molar-refractivity contribution is -0.389. The summed E-state index contributed by atoms with van der Waals surface area (Å²) in [7, 11) is 0. The van der Waals surface area contributed by atoms with E-state index in [0.29, 0.717) is 5.56 Å². The van der Waals surface area contributed by atoms with Crippen molar-refractivity contribution in [3.05, 3.63) is 67.7 Å². The van der Waals surface area contributed by atoms with Gasteiger partial charge in [0.05, 0.1) is 17.3 Å². The van der Waals surface area contributed by atoms with Crippen LogP contribution in [0.4, 0.5) is 16.0 Å². The number of aromatic nitrogens is 4.